The largest absolute Gasteiger partial charge is 0.309 e. The Kier molecular flexibility index (Phi) is 12.4. The summed E-state index contributed by atoms with van der Waals surface area (Å²) in [5, 5.41) is 25.6. The summed E-state index contributed by atoms with van der Waals surface area (Å²) < 4.78 is 14.4. The van der Waals surface area contributed by atoms with Crippen LogP contribution in [0.2, 0.25) is 0 Å². The van der Waals surface area contributed by atoms with Crippen molar-refractivity contribution in [2.45, 2.75) is 0 Å². The lowest BCUT2D eigenvalue weighted by Crippen LogP contribution is -2.07. The molecule has 7 aromatic heterocycles. The maximum Gasteiger partial charge on any atom is 0.160 e. The molecule has 22 aromatic rings. The molecule has 0 bridgehead atoms. The molecule has 482 valence electrons. The maximum absolute atomic E-state index is 11.9. The average molecular weight is 1320 g/mol. The first-order chi connectivity index (χ1) is 51.6. The molecular weight excluding hydrogens is 1270 g/mol. The van der Waals surface area contributed by atoms with Crippen LogP contribution in [-0.2, 0) is 0 Å². The number of rotatable bonds is 9. The van der Waals surface area contributed by atoms with Gasteiger partial charge in [0, 0.05) is 104 Å². The summed E-state index contributed by atoms with van der Waals surface area (Å²) in [6, 6.07) is 127. The lowest BCUT2D eigenvalue weighted by molar-refractivity contribution is 1.11. The van der Waals surface area contributed by atoms with Gasteiger partial charge in [-0.25, -0.2) is 9.97 Å². The molecule has 9 heteroatoms. The highest BCUT2D eigenvalue weighted by Crippen LogP contribution is 2.47. The Bertz CT molecular complexity index is 6450. The predicted octanol–water partition coefficient (Wildman–Crippen LogP) is 23.9. The molecule has 0 aliphatic heterocycles. The highest BCUT2D eigenvalue weighted by atomic mass is 15.1. The minimum Gasteiger partial charge on any atom is -0.309 e. The van der Waals surface area contributed by atoms with Crippen molar-refractivity contribution in [3.8, 4) is 74.1 Å². The first kappa shape index (κ1) is 57.6. The number of benzene rings is 15. The number of hydrogen-bond donors (Lipinski definition) is 0. The smallest absolute Gasteiger partial charge is 0.160 e. The number of hydrogen-bond acceptors (Lipinski definition) is 3. The van der Waals surface area contributed by atoms with Crippen LogP contribution < -0.4 is 0 Å². The Hall–Kier alpha value is -14.3. The molecule has 15 aromatic carbocycles. The summed E-state index contributed by atoms with van der Waals surface area (Å²) in [6.07, 6.45) is 0. The van der Waals surface area contributed by atoms with E-state index in [2.05, 4.69) is 355 Å². The van der Waals surface area contributed by atoms with Crippen molar-refractivity contribution in [2.75, 3.05) is 0 Å². The molecule has 0 spiro atoms. The molecular formula is C95H57N9. The van der Waals surface area contributed by atoms with Crippen LogP contribution in [0.5, 0.6) is 0 Å². The maximum atomic E-state index is 11.9. The van der Waals surface area contributed by atoms with E-state index in [4.69, 9.17) is 9.97 Å². The van der Waals surface area contributed by atoms with E-state index in [-0.39, 0.29) is 0 Å². The number of fused-ring (bicyclic) bond motifs is 18. The van der Waals surface area contributed by atoms with Gasteiger partial charge in [-0.1, -0.05) is 206 Å². The van der Waals surface area contributed by atoms with E-state index in [0.717, 1.165) is 144 Å². The van der Waals surface area contributed by atoms with E-state index < -0.39 is 0 Å². The zero-order chi connectivity index (χ0) is 68.3. The first-order valence-corrected chi connectivity index (χ1v) is 35.3. The first-order valence-electron chi connectivity index (χ1n) is 35.3. The van der Waals surface area contributed by atoms with Crippen molar-refractivity contribution in [3.63, 3.8) is 0 Å². The topological polar surface area (TPSA) is 79.2 Å². The summed E-state index contributed by atoms with van der Waals surface area (Å²) in [6.45, 7) is 0. The van der Waals surface area contributed by atoms with Gasteiger partial charge < -0.3 is 27.4 Å². The standard InChI is InChI=1S/C95H57N9/c96-58-59-51-92(103-88-47-43-62(99-80-35-15-7-27-66(80)67-28-8-16-36-81(67)99)53-74(88)75-54-63(44-48-89(75)103)100-82-37-17-9-29-68(82)69-30-10-18-38-83(69)100)94(79-57-78(60-23-3-1-4-24-60)97-95(98-79)61-25-5-2-6-26-61)93(52-59)104-90-49-45-64(101-84-39-19-11-31-70(84)71-32-12-20-40-85(71)101)55-76(90)77-56-65(46-50-91(77)104)102-86-41-21-13-33-72(86)73-34-14-22-42-87(73)102/h1-57H. The van der Waals surface area contributed by atoms with Gasteiger partial charge >= 0.3 is 0 Å². The molecule has 0 N–H and O–H groups in total. The summed E-state index contributed by atoms with van der Waals surface area (Å²) >= 11 is 0. The van der Waals surface area contributed by atoms with E-state index in [1.165, 1.54) is 43.1 Å². The van der Waals surface area contributed by atoms with Crippen LogP contribution in [0.1, 0.15) is 5.56 Å². The summed E-state index contributed by atoms with van der Waals surface area (Å²) in [7, 11) is 0. The Balaban J connectivity index is 0.886. The van der Waals surface area contributed by atoms with Crippen LogP contribution in [0.4, 0.5) is 0 Å². The number of aromatic nitrogens is 8. The monoisotopic (exact) mass is 1320 g/mol. The fourth-order valence-corrected chi connectivity index (χ4v) is 17.2. The molecule has 0 amide bonds. The third-order valence-corrected chi connectivity index (χ3v) is 21.6. The van der Waals surface area contributed by atoms with Gasteiger partial charge in [0.1, 0.15) is 0 Å². The summed E-state index contributed by atoms with van der Waals surface area (Å²) in [4.78, 5) is 11.2. The molecule has 0 radical (unpaired) electrons. The van der Waals surface area contributed by atoms with Crippen LogP contribution >= 0.6 is 0 Å². The van der Waals surface area contributed by atoms with Crippen molar-refractivity contribution >= 4 is 131 Å². The van der Waals surface area contributed by atoms with E-state index in [1.807, 2.05) is 24.3 Å². The molecule has 7 heterocycles. The van der Waals surface area contributed by atoms with Crippen molar-refractivity contribution in [3.05, 3.63) is 351 Å². The minimum atomic E-state index is 0.483. The molecule has 9 nitrogen and oxygen atoms in total. The molecule has 0 saturated heterocycles. The molecule has 0 atom stereocenters. The van der Waals surface area contributed by atoms with E-state index in [1.54, 1.807) is 0 Å². The van der Waals surface area contributed by atoms with Crippen LogP contribution in [-0.4, -0.2) is 37.4 Å². The van der Waals surface area contributed by atoms with Crippen molar-refractivity contribution < 1.29 is 0 Å². The summed E-state index contributed by atoms with van der Waals surface area (Å²) in [5.41, 5.74) is 23.1. The van der Waals surface area contributed by atoms with Crippen molar-refractivity contribution in [2.24, 2.45) is 0 Å². The molecule has 22 rings (SSSR count). The molecule has 0 saturated carbocycles. The van der Waals surface area contributed by atoms with Gasteiger partial charge in [-0.05, 0) is 140 Å². The lowest BCUT2D eigenvalue weighted by Gasteiger charge is -2.21. The average Bonchev–Trinajstić information content (AvgIpc) is 1.53. The van der Waals surface area contributed by atoms with Crippen LogP contribution in [0.25, 0.3) is 199 Å². The minimum absolute atomic E-state index is 0.483. The van der Waals surface area contributed by atoms with E-state index in [0.29, 0.717) is 17.1 Å². The Morgan fingerprint density at radius 2 is 0.462 bits per heavy atom. The predicted molar refractivity (Wildman–Crippen MR) is 429 cm³/mol. The Labute approximate surface area is 595 Å². The second-order valence-electron chi connectivity index (χ2n) is 27.2. The van der Waals surface area contributed by atoms with E-state index in [9.17, 15) is 5.26 Å². The Morgan fingerprint density at radius 1 is 0.212 bits per heavy atom. The lowest BCUT2D eigenvalue weighted by atomic mass is 10.00. The third kappa shape index (κ3) is 8.42. The van der Waals surface area contributed by atoms with Gasteiger partial charge in [-0.3, -0.25) is 0 Å². The molecule has 104 heavy (non-hydrogen) atoms. The van der Waals surface area contributed by atoms with E-state index >= 15 is 0 Å². The molecule has 0 aliphatic rings. The Morgan fingerprint density at radius 3 is 0.750 bits per heavy atom. The van der Waals surface area contributed by atoms with Gasteiger partial charge in [-0.2, -0.15) is 5.26 Å². The van der Waals surface area contributed by atoms with Crippen LogP contribution in [0.3, 0.4) is 0 Å². The number of nitriles is 1. The van der Waals surface area contributed by atoms with Crippen LogP contribution in [0.15, 0.2) is 346 Å². The van der Waals surface area contributed by atoms with Gasteiger partial charge in [0.15, 0.2) is 5.82 Å². The number of nitrogens with zero attached hydrogens (tertiary/aromatic N) is 9. The number of para-hydroxylation sites is 8. The van der Waals surface area contributed by atoms with Gasteiger partial charge in [0.2, 0.25) is 0 Å². The second-order valence-corrected chi connectivity index (χ2v) is 27.2. The van der Waals surface area contributed by atoms with Crippen LogP contribution in [0, 0.1) is 11.3 Å². The fraction of sp³-hybridized carbons (Fsp3) is 0. The van der Waals surface area contributed by atoms with Gasteiger partial charge in [-0.15, -0.1) is 0 Å². The SMILES string of the molecule is N#Cc1cc(-n2c3ccc(-n4c5ccccc5c5ccccc54)cc3c3cc(-n4c5ccccc5c5ccccc54)ccc32)c(-c2cc(-c3ccccc3)nc(-c3ccccc3)n2)c(-n2c3ccc(-n4c5ccccc5c5ccccc54)cc3c3cc(-n4c5ccccc5c5ccccc54)ccc32)c1. The highest BCUT2D eigenvalue weighted by molar-refractivity contribution is 6.18. The normalized spacial score (nSPS) is 12.0. The van der Waals surface area contributed by atoms with Crippen molar-refractivity contribution in [1.29, 1.82) is 5.26 Å². The highest BCUT2D eigenvalue weighted by Gasteiger charge is 2.28. The molecule has 0 fully saturated rings. The fourth-order valence-electron chi connectivity index (χ4n) is 17.2. The molecule has 0 aliphatic carbocycles. The third-order valence-electron chi connectivity index (χ3n) is 21.6. The van der Waals surface area contributed by atoms with Crippen molar-refractivity contribution in [1.82, 2.24) is 37.4 Å². The van der Waals surface area contributed by atoms with Gasteiger partial charge in [0.05, 0.1) is 101 Å². The van der Waals surface area contributed by atoms with Gasteiger partial charge in [0.25, 0.3) is 0 Å². The summed E-state index contributed by atoms with van der Waals surface area (Å²) in [5.74, 6) is 0.575. The quantitative estimate of drug-likeness (QED) is 0.144. The zero-order valence-corrected chi connectivity index (χ0v) is 55.9. The zero-order valence-electron chi connectivity index (χ0n) is 55.9. The second kappa shape index (κ2) is 22.3. The molecule has 0 unspecified atom stereocenters.